The summed E-state index contributed by atoms with van der Waals surface area (Å²) in [5.74, 6) is 0.506. The number of hydrogen-bond donors (Lipinski definition) is 2. The Morgan fingerprint density at radius 1 is 1.42 bits per heavy atom. The van der Waals surface area contributed by atoms with Gasteiger partial charge < -0.3 is 15.4 Å². The number of rotatable bonds is 6. The zero-order chi connectivity index (χ0) is 17.3. The van der Waals surface area contributed by atoms with Crippen molar-refractivity contribution in [1.29, 1.82) is 0 Å². The summed E-state index contributed by atoms with van der Waals surface area (Å²) < 4.78 is 5.49. The van der Waals surface area contributed by atoms with E-state index in [1.54, 1.807) is 24.0 Å². The van der Waals surface area contributed by atoms with E-state index in [0.717, 1.165) is 18.4 Å². The summed E-state index contributed by atoms with van der Waals surface area (Å²) in [5.41, 5.74) is 0.955. The standard InChI is InChI=1S/C17H21N3O3S/c1-10-16(22)20(17(24)18-10)11(2)12-3-7-14(8-4-12)23-9-15(21)19-13-5-6-13/h3-4,7-8,10-11,13H,5-6,9H2,1-2H3,(H,18,24)(H,19,21)/t10-,11+/m0/s1. The van der Waals surface area contributed by atoms with Crippen molar-refractivity contribution in [2.24, 2.45) is 0 Å². The molecule has 1 aliphatic heterocycles. The van der Waals surface area contributed by atoms with Crippen LogP contribution in [0.4, 0.5) is 0 Å². The Morgan fingerprint density at radius 3 is 2.62 bits per heavy atom. The van der Waals surface area contributed by atoms with Crippen LogP contribution in [0.5, 0.6) is 5.75 Å². The van der Waals surface area contributed by atoms with Crippen molar-refractivity contribution in [2.75, 3.05) is 6.61 Å². The first-order valence-electron chi connectivity index (χ1n) is 8.11. The first-order valence-corrected chi connectivity index (χ1v) is 8.52. The molecule has 1 heterocycles. The molecule has 0 unspecified atom stereocenters. The summed E-state index contributed by atoms with van der Waals surface area (Å²) in [6.07, 6.45) is 2.12. The van der Waals surface area contributed by atoms with Crippen molar-refractivity contribution in [3.63, 3.8) is 0 Å². The Kier molecular flexibility index (Phi) is 4.71. The number of hydrogen-bond acceptors (Lipinski definition) is 4. The van der Waals surface area contributed by atoms with Gasteiger partial charge in [0.25, 0.3) is 11.8 Å². The van der Waals surface area contributed by atoms with E-state index in [0.29, 0.717) is 16.9 Å². The second-order valence-electron chi connectivity index (χ2n) is 6.25. The van der Waals surface area contributed by atoms with Crippen LogP contribution in [0, 0.1) is 0 Å². The van der Waals surface area contributed by atoms with Gasteiger partial charge in [-0.25, -0.2) is 0 Å². The van der Waals surface area contributed by atoms with Gasteiger partial charge in [0.15, 0.2) is 11.7 Å². The van der Waals surface area contributed by atoms with Crippen LogP contribution in [0.3, 0.4) is 0 Å². The molecule has 6 nitrogen and oxygen atoms in total. The van der Waals surface area contributed by atoms with Crippen molar-refractivity contribution >= 4 is 29.1 Å². The fourth-order valence-electron chi connectivity index (χ4n) is 2.63. The number of carbonyl (C=O) groups excluding carboxylic acids is 2. The molecular weight excluding hydrogens is 326 g/mol. The van der Waals surface area contributed by atoms with E-state index in [9.17, 15) is 9.59 Å². The minimum Gasteiger partial charge on any atom is -0.484 e. The Hall–Kier alpha value is -2.15. The van der Waals surface area contributed by atoms with Gasteiger partial charge in [-0.2, -0.15) is 0 Å². The summed E-state index contributed by atoms with van der Waals surface area (Å²) in [4.78, 5) is 25.4. The maximum atomic E-state index is 12.2. The molecular formula is C17H21N3O3S. The zero-order valence-electron chi connectivity index (χ0n) is 13.7. The maximum absolute atomic E-state index is 12.2. The second kappa shape index (κ2) is 6.76. The van der Waals surface area contributed by atoms with Gasteiger partial charge in [-0.1, -0.05) is 12.1 Å². The lowest BCUT2D eigenvalue weighted by Gasteiger charge is -2.23. The van der Waals surface area contributed by atoms with E-state index in [1.165, 1.54) is 0 Å². The lowest BCUT2D eigenvalue weighted by atomic mass is 10.1. The smallest absolute Gasteiger partial charge is 0.258 e. The molecule has 2 aliphatic rings. The Balaban J connectivity index is 1.58. The summed E-state index contributed by atoms with van der Waals surface area (Å²) in [7, 11) is 0. The minimum absolute atomic E-state index is 0.0154. The Morgan fingerprint density at radius 2 is 2.08 bits per heavy atom. The topological polar surface area (TPSA) is 70.7 Å². The quantitative estimate of drug-likeness (QED) is 0.764. The molecule has 24 heavy (non-hydrogen) atoms. The molecule has 1 saturated heterocycles. The monoisotopic (exact) mass is 347 g/mol. The molecule has 128 valence electrons. The van der Waals surface area contributed by atoms with Crippen molar-refractivity contribution < 1.29 is 14.3 Å². The summed E-state index contributed by atoms with van der Waals surface area (Å²) in [5, 5.41) is 6.30. The largest absolute Gasteiger partial charge is 0.484 e. The van der Waals surface area contributed by atoms with Gasteiger partial charge in [0.05, 0.1) is 6.04 Å². The molecule has 0 bridgehead atoms. The van der Waals surface area contributed by atoms with Crippen LogP contribution in [0.15, 0.2) is 24.3 Å². The molecule has 1 aromatic carbocycles. The molecule has 2 N–H and O–H groups in total. The summed E-state index contributed by atoms with van der Waals surface area (Å²) in [6, 6.07) is 7.27. The summed E-state index contributed by atoms with van der Waals surface area (Å²) in [6.45, 7) is 3.75. The van der Waals surface area contributed by atoms with Gasteiger partial charge in [0.1, 0.15) is 11.8 Å². The maximum Gasteiger partial charge on any atom is 0.258 e. The van der Waals surface area contributed by atoms with Crippen LogP contribution in [0.1, 0.15) is 38.3 Å². The van der Waals surface area contributed by atoms with Crippen LogP contribution < -0.4 is 15.4 Å². The third-order valence-corrected chi connectivity index (χ3v) is 4.54. The first kappa shape index (κ1) is 16.7. The van der Waals surface area contributed by atoms with Gasteiger partial charge in [0, 0.05) is 6.04 Å². The number of benzene rings is 1. The number of ether oxygens (including phenoxy) is 1. The second-order valence-corrected chi connectivity index (χ2v) is 6.64. The zero-order valence-corrected chi connectivity index (χ0v) is 14.6. The molecule has 1 saturated carbocycles. The van der Waals surface area contributed by atoms with Crippen LogP contribution in [0.2, 0.25) is 0 Å². The lowest BCUT2D eigenvalue weighted by Crippen LogP contribution is -2.33. The van der Waals surface area contributed by atoms with E-state index < -0.39 is 0 Å². The number of amides is 2. The Bertz CT molecular complexity index is 658. The van der Waals surface area contributed by atoms with Crippen molar-refractivity contribution in [1.82, 2.24) is 15.5 Å². The minimum atomic E-state index is -0.285. The molecule has 2 amide bonds. The number of nitrogens with one attached hydrogen (secondary N) is 2. The number of carbonyl (C=O) groups is 2. The molecule has 2 fully saturated rings. The molecule has 2 atom stereocenters. The average molecular weight is 347 g/mol. The van der Waals surface area contributed by atoms with E-state index in [4.69, 9.17) is 17.0 Å². The SMILES string of the molecule is C[C@@H]1NC(=S)N([C@H](C)c2ccc(OCC(=O)NC3CC3)cc2)C1=O. The summed E-state index contributed by atoms with van der Waals surface area (Å²) >= 11 is 5.23. The molecule has 7 heteroatoms. The van der Waals surface area contributed by atoms with Crippen molar-refractivity contribution in [3.05, 3.63) is 29.8 Å². The first-order chi connectivity index (χ1) is 11.5. The highest BCUT2D eigenvalue weighted by atomic mass is 32.1. The van der Waals surface area contributed by atoms with E-state index in [-0.39, 0.29) is 30.5 Å². The third kappa shape index (κ3) is 3.67. The number of thiocarbonyl (C=S) groups is 1. The van der Waals surface area contributed by atoms with Gasteiger partial charge in [-0.05, 0) is 56.6 Å². The molecule has 0 aromatic heterocycles. The molecule has 3 rings (SSSR count). The lowest BCUT2D eigenvalue weighted by molar-refractivity contribution is -0.128. The van der Waals surface area contributed by atoms with Crippen molar-refractivity contribution in [3.8, 4) is 5.75 Å². The van der Waals surface area contributed by atoms with Crippen LogP contribution >= 0.6 is 12.2 Å². The van der Waals surface area contributed by atoms with Gasteiger partial charge in [0.2, 0.25) is 0 Å². The molecule has 0 spiro atoms. The van der Waals surface area contributed by atoms with Crippen LogP contribution in [-0.4, -0.2) is 40.5 Å². The highest BCUT2D eigenvalue weighted by molar-refractivity contribution is 7.80. The molecule has 0 radical (unpaired) electrons. The number of nitrogens with zero attached hydrogens (tertiary/aromatic N) is 1. The van der Waals surface area contributed by atoms with Gasteiger partial charge >= 0.3 is 0 Å². The van der Waals surface area contributed by atoms with Gasteiger partial charge in [-0.3, -0.25) is 14.5 Å². The third-order valence-electron chi connectivity index (χ3n) is 4.23. The highest BCUT2D eigenvalue weighted by Gasteiger charge is 2.35. The fourth-order valence-corrected chi connectivity index (χ4v) is 3.05. The van der Waals surface area contributed by atoms with E-state index in [1.807, 2.05) is 19.1 Å². The Labute approximate surface area is 146 Å². The van der Waals surface area contributed by atoms with Gasteiger partial charge in [-0.15, -0.1) is 0 Å². The van der Waals surface area contributed by atoms with Crippen molar-refractivity contribution in [2.45, 2.75) is 44.8 Å². The highest BCUT2D eigenvalue weighted by Crippen LogP contribution is 2.26. The predicted octanol–water partition coefficient (Wildman–Crippen LogP) is 1.51. The van der Waals surface area contributed by atoms with E-state index in [2.05, 4.69) is 10.6 Å². The normalized spacial score (nSPS) is 21.4. The van der Waals surface area contributed by atoms with Crippen LogP contribution in [-0.2, 0) is 9.59 Å². The average Bonchev–Trinajstić information content (AvgIpc) is 3.32. The van der Waals surface area contributed by atoms with E-state index >= 15 is 0 Å². The van der Waals surface area contributed by atoms with Crippen LogP contribution in [0.25, 0.3) is 0 Å². The molecule has 1 aliphatic carbocycles. The fraction of sp³-hybridized carbons (Fsp3) is 0.471. The molecule has 1 aromatic rings. The predicted molar refractivity (Wildman–Crippen MR) is 93.6 cm³/mol.